The number of carbonyl (C=O) groups is 1. The molecule has 1 heterocycles. The van der Waals surface area contributed by atoms with E-state index in [2.05, 4.69) is 15.5 Å². The topological polar surface area (TPSA) is 89.0 Å². The van der Waals surface area contributed by atoms with Gasteiger partial charge in [0, 0.05) is 12.3 Å². The number of ether oxygens (including phenoxy) is 1. The highest BCUT2D eigenvalue weighted by atomic mass is 32.2. The van der Waals surface area contributed by atoms with Crippen LogP contribution in [0.2, 0.25) is 0 Å². The zero-order valence-electron chi connectivity index (χ0n) is 10.7. The van der Waals surface area contributed by atoms with Crippen LogP contribution in [0.4, 0.5) is 0 Å². The number of aromatic amines is 1. The summed E-state index contributed by atoms with van der Waals surface area (Å²) in [5.74, 6) is 0.149. The summed E-state index contributed by atoms with van der Waals surface area (Å²) < 4.78 is 6.22. The zero-order valence-corrected chi connectivity index (χ0v) is 11.5. The average Bonchev–Trinajstić information content (AvgIpc) is 2.74. The van der Waals surface area contributed by atoms with E-state index in [-0.39, 0.29) is 11.7 Å². The summed E-state index contributed by atoms with van der Waals surface area (Å²) in [6.07, 6.45) is 0. The summed E-state index contributed by atoms with van der Waals surface area (Å²) in [5, 5.41) is 9.90. The Morgan fingerprint density at radius 3 is 2.89 bits per heavy atom. The van der Waals surface area contributed by atoms with Gasteiger partial charge in [-0.05, 0) is 13.5 Å². The summed E-state index contributed by atoms with van der Waals surface area (Å²) in [6, 6.07) is -0.401. The lowest BCUT2D eigenvalue weighted by Gasteiger charge is -2.14. The monoisotopic (exact) mass is 274 g/mol. The molecule has 0 aliphatic heterocycles. The maximum Gasteiger partial charge on any atom is 0.343 e. The number of likely N-dealkylation sites (N-methyl/N-ethyl adjacent to an activating group) is 1. The van der Waals surface area contributed by atoms with Crippen LogP contribution in [0.3, 0.4) is 0 Å². The maximum atomic E-state index is 11.5. The van der Waals surface area contributed by atoms with Crippen LogP contribution in [0, 0.1) is 0 Å². The highest BCUT2D eigenvalue weighted by Crippen LogP contribution is 2.14. The van der Waals surface area contributed by atoms with Crippen molar-refractivity contribution >= 4 is 17.7 Å². The molecule has 1 aromatic rings. The minimum absolute atomic E-state index is 0.238. The molecule has 7 nitrogen and oxygen atoms in total. The Kier molecular flexibility index (Phi) is 5.93. The van der Waals surface area contributed by atoms with Gasteiger partial charge < -0.3 is 10.1 Å². The molecular weight excluding hydrogens is 256 g/mol. The molecule has 1 atom stereocenters. The van der Waals surface area contributed by atoms with Crippen LogP contribution in [0.5, 0.6) is 0 Å². The number of carbonyl (C=O) groups excluding carboxylic acids is 1. The molecule has 0 spiro atoms. The number of nitrogens with one attached hydrogen (secondary N) is 2. The average molecular weight is 274 g/mol. The lowest BCUT2D eigenvalue weighted by molar-refractivity contribution is -0.142. The molecule has 0 saturated carbocycles. The summed E-state index contributed by atoms with van der Waals surface area (Å²) in [6.45, 7) is 4.99. The number of esters is 1. The quantitative estimate of drug-likeness (QED) is 0.530. The number of aromatic nitrogens is 3. The van der Waals surface area contributed by atoms with E-state index < -0.39 is 6.04 Å². The van der Waals surface area contributed by atoms with Crippen LogP contribution >= 0.6 is 11.8 Å². The van der Waals surface area contributed by atoms with Crippen molar-refractivity contribution in [3.63, 3.8) is 0 Å². The maximum absolute atomic E-state index is 11.5. The molecule has 102 valence electrons. The van der Waals surface area contributed by atoms with Gasteiger partial charge in [0.1, 0.15) is 6.04 Å². The van der Waals surface area contributed by atoms with Gasteiger partial charge in [0.15, 0.2) is 5.16 Å². The van der Waals surface area contributed by atoms with E-state index in [0.29, 0.717) is 24.0 Å². The first-order chi connectivity index (χ1) is 8.63. The lowest BCUT2D eigenvalue weighted by atomic mass is 10.3. The second-order valence-corrected chi connectivity index (χ2v) is 4.49. The Labute approximate surface area is 109 Å². The van der Waals surface area contributed by atoms with Gasteiger partial charge in [0.25, 0.3) is 0 Å². The molecule has 0 fully saturated rings. The van der Waals surface area contributed by atoms with E-state index in [1.165, 1.54) is 23.4 Å². The minimum Gasteiger partial charge on any atom is -0.468 e. The van der Waals surface area contributed by atoms with E-state index in [1.807, 2.05) is 13.8 Å². The Morgan fingerprint density at radius 2 is 2.33 bits per heavy atom. The number of hydrogen-bond acceptors (Lipinski definition) is 6. The number of H-pyrrole nitrogens is 1. The third-order valence-electron chi connectivity index (χ3n) is 2.35. The van der Waals surface area contributed by atoms with Gasteiger partial charge in [-0.2, -0.15) is 0 Å². The fourth-order valence-corrected chi connectivity index (χ4v) is 2.50. The molecule has 2 N–H and O–H groups in total. The molecule has 0 aliphatic rings. The van der Waals surface area contributed by atoms with Crippen molar-refractivity contribution in [3.8, 4) is 0 Å². The first kappa shape index (κ1) is 14.8. The van der Waals surface area contributed by atoms with E-state index in [4.69, 9.17) is 4.74 Å². The molecule has 0 aliphatic carbocycles. The largest absolute Gasteiger partial charge is 0.468 e. The number of thioether (sulfide) groups is 1. The number of hydrogen-bond donors (Lipinski definition) is 2. The van der Waals surface area contributed by atoms with Crippen molar-refractivity contribution in [1.82, 2.24) is 20.1 Å². The molecular formula is C10H18N4O3S. The summed E-state index contributed by atoms with van der Waals surface area (Å²) in [7, 11) is 1.36. The normalized spacial score (nSPS) is 12.4. The molecule has 0 radical (unpaired) electrons. The Balaban J connectivity index is 2.66. The fourth-order valence-electron chi connectivity index (χ4n) is 1.45. The Bertz CT molecular complexity index is 443. The molecule has 8 heteroatoms. The van der Waals surface area contributed by atoms with Crippen LogP contribution < -0.4 is 11.0 Å². The smallest absolute Gasteiger partial charge is 0.343 e. The van der Waals surface area contributed by atoms with E-state index >= 15 is 0 Å². The van der Waals surface area contributed by atoms with Gasteiger partial charge in [-0.15, -0.1) is 5.10 Å². The molecule has 0 bridgehead atoms. The second kappa shape index (κ2) is 7.22. The van der Waals surface area contributed by atoms with E-state index in [0.717, 1.165) is 0 Å². The molecule has 0 saturated heterocycles. The van der Waals surface area contributed by atoms with Gasteiger partial charge >= 0.3 is 11.7 Å². The van der Waals surface area contributed by atoms with Gasteiger partial charge in [-0.1, -0.05) is 18.7 Å². The second-order valence-electron chi connectivity index (χ2n) is 3.50. The third-order valence-corrected chi connectivity index (χ3v) is 3.42. The van der Waals surface area contributed by atoms with Crippen molar-refractivity contribution < 1.29 is 9.53 Å². The minimum atomic E-state index is -0.401. The van der Waals surface area contributed by atoms with Crippen LogP contribution in [0.25, 0.3) is 0 Å². The van der Waals surface area contributed by atoms with E-state index in [1.54, 1.807) is 0 Å². The van der Waals surface area contributed by atoms with E-state index in [9.17, 15) is 9.59 Å². The van der Waals surface area contributed by atoms with Crippen LogP contribution in [-0.4, -0.2) is 46.2 Å². The van der Waals surface area contributed by atoms with Crippen LogP contribution in [0.1, 0.15) is 13.8 Å². The van der Waals surface area contributed by atoms with Crippen LogP contribution in [-0.2, 0) is 16.1 Å². The first-order valence-corrected chi connectivity index (χ1v) is 6.71. The van der Waals surface area contributed by atoms with Crippen molar-refractivity contribution in [2.24, 2.45) is 0 Å². The zero-order chi connectivity index (χ0) is 13.5. The van der Waals surface area contributed by atoms with Crippen LogP contribution in [0.15, 0.2) is 9.95 Å². The van der Waals surface area contributed by atoms with Gasteiger partial charge in [0.2, 0.25) is 0 Å². The van der Waals surface area contributed by atoms with Crippen molar-refractivity contribution in [2.75, 3.05) is 19.4 Å². The number of methoxy groups -OCH3 is 1. The Morgan fingerprint density at radius 1 is 1.61 bits per heavy atom. The highest BCUT2D eigenvalue weighted by Gasteiger charge is 2.19. The molecule has 1 unspecified atom stereocenters. The fraction of sp³-hybridized carbons (Fsp3) is 0.700. The molecule has 1 aromatic heterocycles. The molecule has 0 aromatic carbocycles. The summed E-state index contributed by atoms with van der Waals surface area (Å²) in [4.78, 5) is 22.8. The highest BCUT2D eigenvalue weighted by molar-refractivity contribution is 7.99. The van der Waals surface area contributed by atoms with Gasteiger partial charge in [0.05, 0.1) is 7.11 Å². The first-order valence-electron chi connectivity index (χ1n) is 5.73. The van der Waals surface area contributed by atoms with Gasteiger partial charge in [-0.3, -0.25) is 9.36 Å². The Hall–Kier alpha value is -1.28. The summed E-state index contributed by atoms with van der Waals surface area (Å²) >= 11 is 1.34. The van der Waals surface area contributed by atoms with Crippen molar-refractivity contribution in [1.29, 1.82) is 0 Å². The number of nitrogens with zero attached hydrogens (tertiary/aromatic N) is 2. The van der Waals surface area contributed by atoms with Crippen molar-refractivity contribution in [2.45, 2.75) is 31.6 Å². The third kappa shape index (κ3) is 3.61. The van der Waals surface area contributed by atoms with Gasteiger partial charge in [-0.25, -0.2) is 9.89 Å². The lowest BCUT2D eigenvalue weighted by Crippen LogP contribution is -2.39. The predicted molar refractivity (Wildman–Crippen MR) is 68.7 cm³/mol. The number of rotatable bonds is 7. The van der Waals surface area contributed by atoms with Crippen molar-refractivity contribution in [3.05, 3.63) is 10.5 Å². The molecule has 0 amide bonds. The molecule has 1 rings (SSSR count). The summed E-state index contributed by atoms with van der Waals surface area (Å²) in [5.41, 5.74) is -0.238. The predicted octanol–water partition coefficient (Wildman–Crippen LogP) is -0.165. The SMILES string of the molecule is CCNC(CSc1n[nH]c(=O)n1CC)C(=O)OC. The standard InChI is InChI=1S/C10H18N4O3S/c1-4-11-7(8(15)17-3)6-18-10-13-12-9(16)14(10)5-2/h7,11H,4-6H2,1-3H3,(H,12,16). The molecule has 18 heavy (non-hydrogen) atoms.